The van der Waals surface area contributed by atoms with Gasteiger partial charge < -0.3 is 5.32 Å². The van der Waals surface area contributed by atoms with E-state index in [2.05, 4.69) is 17.3 Å². The summed E-state index contributed by atoms with van der Waals surface area (Å²) in [6.07, 6.45) is 2.74. The molecule has 1 N–H and O–H groups in total. The number of hydrogen-bond donors (Lipinski definition) is 1. The van der Waals surface area contributed by atoms with Gasteiger partial charge in [0.2, 0.25) is 0 Å². The molecule has 3 nitrogen and oxygen atoms in total. The Labute approximate surface area is 107 Å². The molecule has 0 unspecified atom stereocenters. The van der Waals surface area contributed by atoms with Gasteiger partial charge in [0, 0.05) is 37.9 Å². The van der Waals surface area contributed by atoms with E-state index in [0.29, 0.717) is 0 Å². The first-order chi connectivity index (χ1) is 8.66. The minimum Gasteiger partial charge on any atom is -0.310 e. The maximum Gasteiger partial charge on any atom is 0.123 e. The van der Waals surface area contributed by atoms with Crippen molar-refractivity contribution in [2.24, 2.45) is 7.05 Å². The second-order valence-corrected chi connectivity index (χ2v) is 4.42. The van der Waals surface area contributed by atoms with Crippen molar-refractivity contribution in [1.29, 1.82) is 0 Å². The number of rotatable bonds is 5. The van der Waals surface area contributed by atoms with Gasteiger partial charge in [-0.1, -0.05) is 12.1 Å². The van der Waals surface area contributed by atoms with Gasteiger partial charge in [-0.3, -0.25) is 4.68 Å². The van der Waals surface area contributed by atoms with Gasteiger partial charge in [0.1, 0.15) is 5.82 Å². The summed E-state index contributed by atoms with van der Waals surface area (Å²) in [6, 6.07) is 8.86. The molecule has 0 aliphatic heterocycles. The highest BCUT2D eigenvalue weighted by atomic mass is 19.1. The lowest BCUT2D eigenvalue weighted by Crippen LogP contribution is -2.22. The van der Waals surface area contributed by atoms with Gasteiger partial charge in [-0.2, -0.15) is 5.10 Å². The molecule has 0 aliphatic carbocycles. The zero-order chi connectivity index (χ0) is 13.0. The second-order valence-electron chi connectivity index (χ2n) is 4.42. The molecule has 96 valence electrons. The summed E-state index contributed by atoms with van der Waals surface area (Å²) < 4.78 is 14.7. The van der Waals surface area contributed by atoms with Crippen LogP contribution in [0.2, 0.25) is 0 Å². The lowest BCUT2D eigenvalue weighted by Gasteiger charge is -2.14. The van der Waals surface area contributed by atoms with Crippen molar-refractivity contribution < 1.29 is 4.39 Å². The molecule has 1 aromatic heterocycles. The number of aryl methyl sites for hydroxylation is 1. The SMILES string of the molecule is C[C@H](NCCc1ccnn1C)c1ccc(F)cc1. The Morgan fingerprint density at radius 3 is 2.61 bits per heavy atom. The van der Waals surface area contributed by atoms with E-state index >= 15 is 0 Å². The van der Waals surface area contributed by atoms with E-state index in [-0.39, 0.29) is 11.9 Å². The van der Waals surface area contributed by atoms with E-state index in [4.69, 9.17) is 0 Å². The van der Waals surface area contributed by atoms with Crippen molar-refractivity contribution in [3.63, 3.8) is 0 Å². The van der Waals surface area contributed by atoms with Gasteiger partial charge in [0.05, 0.1) is 0 Å². The quantitative estimate of drug-likeness (QED) is 0.879. The first kappa shape index (κ1) is 12.8. The van der Waals surface area contributed by atoms with Gasteiger partial charge in [-0.05, 0) is 30.7 Å². The van der Waals surface area contributed by atoms with Crippen LogP contribution in [0.3, 0.4) is 0 Å². The average molecular weight is 247 g/mol. The predicted molar refractivity (Wildman–Crippen MR) is 69.7 cm³/mol. The predicted octanol–water partition coefficient (Wildman–Crippen LogP) is 2.45. The Morgan fingerprint density at radius 2 is 2.00 bits per heavy atom. The standard InChI is InChI=1S/C14H18FN3/c1-11(12-3-5-13(15)6-4-12)16-9-7-14-8-10-17-18(14)2/h3-6,8,10-11,16H,7,9H2,1-2H3/t11-/m0/s1. The maximum absolute atomic E-state index is 12.8. The fourth-order valence-electron chi connectivity index (χ4n) is 1.93. The Morgan fingerprint density at radius 1 is 1.28 bits per heavy atom. The molecule has 0 radical (unpaired) electrons. The maximum atomic E-state index is 12.8. The second kappa shape index (κ2) is 5.78. The molecule has 0 fully saturated rings. The minimum atomic E-state index is -0.194. The Kier molecular flexibility index (Phi) is 4.10. The summed E-state index contributed by atoms with van der Waals surface area (Å²) in [4.78, 5) is 0. The van der Waals surface area contributed by atoms with Crippen molar-refractivity contribution in [2.75, 3.05) is 6.54 Å². The molecule has 0 saturated carbocycles. The number of halogens is 1. The summed E-state index contributed by atoms with van der Waals surface area (Å²) in [5.41, 5.74) is 2.30. The molecule has 2 rings (SSSR count). The molecule has 2 aromatic rings. The van der Waals surface area contributed by atoms with E-state index in [0.717, 1.165) is 18.5 Å². The Balaban J connectivity index is 1.83. The minimum absolute atomic E-state index is 0.194. The number of aromatic nitrogens is 2. The van der Waals surface area contributed by atoms with Crippen LogP contribution in [-0.4, -0.2) is 16.3 Å². The fourth-order valence-corrected chi connectivity index (χ4v) is 1.93. The van der Waals surface area contributed by atoms with Crippen molar-refractivity contribution in [3.8, 4) is 0 Å². The molecule has 1 atom stereocenters. The highest BCUT2D eigenvalue weighted by molar-refractivity contribution is 5.19. The van der Waals surface area contributed by atoms with Crippen LogP contribution in [0.1, 0.15) is 24.2 Å². The van der Waals surface area contributed by atoms with E-state index in [9.17, 15) is 4.39 Å². The van der Waals surface area contributed by atoms with Crippen molar-refractivity contribution in [1.82, 2.24) is 15.1 Å². The zero-order valence-corrected chi connectivity index (χ0v) is 10.7. The molecular formula is C14H18FN3. The summed E-state index contributed by atoms with van der Waals surface area (Å²) in [7, 11) is 1.94. The molecule has 18 heavy (non-hydrogen) atoms. The number of benzene rings is 1. The molecule has 1 aromatic carbocycles. The summed E-state index contributed by atoms with van der Waals surface area (Å²) >= 11 is 0. The van der Waals surface area contributed by atoms with Crippen LogP contribution >= 0.6 is 0 Å². The largest absolute Gasteiger partial charge is 0.310 e. The number of nitrogens with one attached hydrogen (secondary N) is 1. The average Bonchev–Trinajstić information content (AvgIpc) is 2.76. The van der Waals surface area contributed by atoms with Gasteiger partial charge >= 0.3 is 0 Å². The summed E-state index contributed by atoms with van der Waals surface area (Å²) in [6.45, 7) is 2.95. The fraction of sp³-hybridized carbons (Fsp3) is 0.357. The number of hydrogen-bond acceptors (Lipinski definition) is 2. The van der Waals surface area contributed by atoms with Crippen LogP contribution in [0.4, 0.5) is 4.39 Å². The van der Waals surface area contributed by atoms with E-state index in [1.54, 1.807) is 6.20 Å². The summed E-state index contributed by atoms with van der Waals surface area (Å²) in [5.74, 6) is -0.194. The van der Waals surface area contributed by atoms with E-state index in [1.807, 2.05) is 29.9 Å². The summed E-state index contributed by atoms with van der Waals surface area (Å²) in [5, 5.41) is 7.55. The molecule has 4 heteroatoms. The highest BCUT2D eigenvalue weighted by Gasteiger charge is 2.05. The molecule has 0 amide bonds. The Hall–Kier alpha value is -1.68. The first-order valence-corrected chi connectivity index (χ1v) is 6.12. The van der Waals surface area contributed by atoms with Crippen LogP contribution in [-0.2, 0) is 13.5 Å². The zero-order valence-electron chi connectivity index (χ0n) is 10.7. The topological polar surface area (TPSA) is 29.9 Å². The van der Waals surface area contributed by atoms with E-state index in [1.165, 1.54) is 17.8 Å². The molecule has 0 spiro atoms. The van der Waals surface area contributed by atoms with Crippen LogP contribution in [0, 0.1) is 5.82 Å². The van der Waals surface area contributed by atoms with Gasteiger partial charge in [0.25, 0.3) is 0 Å². The van der Waals surface area contributed by atoms with Gasteiger partial charge in [-0.15, -0.1) is 0 Å². The van der Waals surface area contributed by atoms with Crippen LogP contribution in [0.15, 0.2) is 36.5 Å². The molecule has 0 aliphatic rings. The van der Waals surface area contributed by atoms with Crippen molar-refractivity contribution in [3.05, 3.63) is 53.6 Å². The monoisotopic (exact) mass is 247 g/mol. The highest BCUT2D eigenvalue weighted by Crippen LogP contribution is 2.12. The normalized spacial score (nSPS) is 12.6. The van der Waals surface area contributed by atoms with Gasteiger partial charge in [-0.25, -0.2) is 4.39 Å². The Bertz CT molecular complexity index is 490. The third-order valence-corrected chi connectivity index (χ3v) is 3.12. The van der Waals surface area contributed by atoms with Crippen LogP contribution in [0.5, 0.6) is 0 Å². The third-order valence-electron chi connectivity index (χ3n) is 3.12. The lowest BCUT2D eigenvalue weighted by molar-refractivity contribution is 0.561. The number of nitrogens with zero attached hydrogens (tertiary/aromatic N) is 2. The lowest BCUT2D eigenvalue weighted by atomic mass is 10.1. The molecule has 1 heterocycles. The van der Waals surface area contributed by atoms with Crippen molar-refractivity contribution in [2.45, 2.75) is 19.4 Å². The van der Waals surface area contributed by atoms with E-state index < -0.39 is 0 Å². The smallest absolute Gasteiger partial charge is 0.123 e. The molecular weight excluding hydrogens is 229 g/mol. The van der Waals surface area contributed by atoms with Crippen molar-refractivity contribution >= 4 is 0 Å². The van der Waals surface area contributed by atoms with Gasteiger partial charge in [0.15, 0.2) is 0 Å². The van der Waals surface area contributed by atoms with Crippen LogP contribution in [0.25, 0.3) is 0 Å². The van der Waals surface area contributed by atoms with Crippen LogP contribution < -0.4 is 5.32 Å². The molecule has 0 bridgehead atoms. The first-order valence-electron chi connectivity index (χ1n) is 6.12. The molecule has 0 saturated heterocycles. The third kappa shape index (κ3) is 3.17.